The van der Waals surface area contributed by atoms with Gasteiger partial charge in [0.2, 0.25) is 21.9 Å². The minimum Gasteiger partial charge on any atom is -0.439 e. The lowest BCUT2D eigenvalue weighted by atomic mass is 10.1. The van der Waals surface area contributed by atoms with Crippen LogP contribution in [0, 0.1) is 6.92 Å². The van der Waals surface area contributed by atoms with Gasteiger partial charge >= 0.3 is 0 Å². The molecule has 0 amide bonds. The summed E-state index contributed by atoms with van der Waals surface area (Å²) in [6.07, 6.45) is 0.482. The van der Waals surface area contributed by atoms with E-state index in [4.69, 9.17) is 26.3 Å². The highest BCUT2D eigenvalue weighted by atomic mass is 35.5. The number of nitrogens with zero attached hydrogens (tertiary/aromatic N) is 5. The maximum Gasteiger partial charge on any atom is 0.243 e. The van der Waals surface area contributed by atoms with Gasteiger partial charge in [-0.15, -0.1) is 0 Å². The van der Waals surface area contributed by atoms with Crippen LogP contribution < -0.4 is 9.64 Å². The predicted octanol–water partition coefficient (Wildman–Crippen LogP) is 3.73. The van der Waals surface area contributed by atoms with E-state index < -0.39 is 10.0 Å². The van der Waals surface area contributed by atoms with Crippen LogP contribution in [0.2, 0.25) is 5.02 Å². The fourth-order valence-electron chi connectivity index (χ4n) is 4.26. The molecular formula is C25H28ClN5O3S. The minimum atomic E-state index is -3.71. The van der Waals surface area contributed by atoms with Crippen molar-refractivity contribution in [2.24, 2.45) is 0 Å². The second-order valence-electron chi connectivity index (χ2n) is 9.00. The quantitative estimate of drug-likeness (QED) is 0.514. The van der Waals surface area contributed by atoms with E-state index in [-0.39, 0.29) is 11.4 Å². The van der Waals surface area contributed by atoms with Gasteiger partial charge in [-0.1, -0.05) is 29.3 Å². The van der Waals surface area contributed by atoms with Gasteiger partial charge in [-0.25, -0.2) is 13.4 Å². The first kappa shape index (κ1) is 24.0. The Labute approximate surface area is 211 Å². The Kier molecular flexibility index (Phi) is 6.67. The number of ether oxygens (including phenoxy) is 1. The standard InChI is InChI=1S/C25H28ClN5O3S/c1-18-3-7-20(8-4-18)34-24-22-17-31(35(32,33)21-9-5-19(26)6-10-21)12-11-23(22)27-25(28-24)30-15-13-29(2)14-16-30/h3-10H,11-17H2,1-2H3. The van der Waals surface area contributed by atoms with Crippen molar-refractivity contribution in [3.63, 3.8) is 0 Å². The summed E-state index contributed by atoms with van der Waals surface area (Å²) in [4.78, 5) is 14.3. The lowest BCUT2D eigenvalue weighted by molar-refractivity contribution is 0.310. The molecule has 35 heavy (non-hydrogen) atoms. The number of benzene rings is 2. The van der Waals surface area contributed by atoms with Crippen LogP contribution in [0.5, 0.6) is 11.6 Å². The van der Waals surface area contributed by atoms with Crippen LogP contribution in [0.1, 0.15) is 16.8 Å². The van der Waals surface area contributed by atoms with E-state index in [1.165, 1.54) is 16.4 Å². The molecule has 5 rings (SSSR count). The molecule has 0 radical (unpaired) electrons. The molecule has 3 heterocycles. The molecule has 1 saturated heterocycles. The first-order valence-corrected chi connectivity index (χ1v) is 13.4. The highest BCUT2D eigenvalue weighted by Crippen LogP contribution is 2.34. The van der Waals surface area contributed by atoms with E-state index in [1.54, 1.807) is 12.1 Å². The van der Waals surface area contributed by atoms with Gasteiger partial charge in [-0.05, 0) is 50.4 Å². The Morgan fingerprint density at radius 3 is 2.29 bits per heavy atom. The van der Waals surface area contributed by atoms with E-state index in [2.05, 4.69) is 16.8 Å². The van der Waals surface area contributed by atoms with Crippen LogP contribution in [0.3, 0.4) is 0 Å². The van der Waals surface area contributed by atoms with Crippen molar-refractivity contribution in [1.82, 2.24) is 19.2 Å². The van der Waals surface area contributed by atoms with Crippen molar-refractivity contribution < 1.29 is 13.2 Å². The third-order valence-electron chi connectivity index (χ3n) is 6.45. The van der Waals surface area contributed by atoms with Crippen molar-refractivity contribution in [3.8, 4) is 11.6 Å². The highest BCUT2D eigenvalue weighted by molar-refractivity contribution is 7.89. The number of piperazine rings is 1. The van der Waals surface area contributed by atoms with Crippen molar-refractivity contribution in [2.45, 2.75) is 24.8 Å². The van der Waals surface area contributed by atoms with E-state index in [1.807, 2.05) is 31.2 Å². The molecule has 0 atom stereocenters. The summed E-state index contributed by atoms with van der Waals surface area (Å²) in [5.41, 5.74) is 2.66. The van der Waals surface area contributed by atoms with Crippen LogP contribution in [0.25, 0.3) is 0 Å². The second-order valence-corrected chi connectivity index (χ2v) is 11.4. The number of likely N-dealkylation sites (N-methyl/N-ethyl adjacent to an activating group) is 1. The fraction of sp³-hybridized carbons (Fsp3) is 0.360. The maximum atomic E-state index is 13.3. The van der Waals surface area contributed by atoms with E-state index in [0.717, 1.165) is 37.4 Å². The Bertz CT molecular complexity index is 1310. The number of aromatic nitrogens is 2. The summed E-state index contributed by atoms with van der Waals surface area (Å²) in [5, 5.41) is 0.492. The molecule has 0 bridgehead atoms. The summed E-state index contributed by atoms with van der Waals surface area (Å²) in [6.45, 7) is 6.02. The Morgan fingerprint density at radius 2 is 1.60 bits per heavy atom. The van der Waals surface area contributed by atoms with Crippen LogP contribution in [0.15, 0.2) is 53.4 Å². The average Bonchev–Trinajstić information content (AvgIpc) is 2.86. The molecule has 0 spiro atoms. The topological polar surface area (TPSA) is 78.9 Å². The van der Waals surface area contributed by atoms with Crippen molar-refractivity contribution in [1.29, 1.82) is 0 Å². The molecule has 2 aliphatic rings. The van der Waals surface area contributed by atoms with Crippen molar-refractivity contribution >= 4 is 27.6 Å². The van der Waals surface area contributed by atoms with Crippen LogP contribution in [0.4, 0.5) is 5.95 Å². The van der Waals surface area contributed by atoms with Gasteiger partial charge in [-0.2, -0.15) is 9.29 Å². The van der Waals surface area contributed by atoms with Crippen LogP contribution in [-0.4, -0.2) is 67.4 Å². The number of fused-ring (bicyclic) bond motifs is 1. The summed E-state index contributed by atoms with van der Waals surface area (Å²) < 4.78 is 34.4. The highest BCUT2D eigenvalue weighted by Gasteiger charge is 2.32. The second kappa shape index (κ2) is 9.73. The number of sulfonamides is 1. The number of hydrogen-bond acceptors (Lipinski definition) is 7. The first-order valence-electron chi connectivity index (χ1n) is 11.6. The minimum absolute atomic E-state index is 0.143. The lowest BCUT2D eigenvalue weighted by Crippen LogP contribution is -2.45. The summed E-state index contributed by atoms with van der Waals surface area (Å²) >= 11 is 5.96. The Balaban J connectivity index is 1.50. The van der Waals surface area contributed by atoms with E-state index in [9.17, 15) is 8.42 Å². The van der Waals surface area contributed by atoms with Crippen LogP contribution in [-0.2, 0) is 23.0 Å². The van der Waals surface area contributed by atoms with Gasteiger partial charge in [0.1, 0.15) is 5.75 Å². The smallest absolute Gasteiger partial charge is 0.243 e. The zero-order valence-corrected chi connectivity index (χ0v) is 21.4. The molecule has 1 fully saturated rings. The predicted molar refractivity (Wildman–Crippen MR) is 136 cm³/mol. The molecule has 2 aromatic carbocycles. The SMILES string of the molecule is Cc1ccc(Oc2nc(N3CCN(C)CC3)nc3c2CN(S(=O)(=O)c2ccc(Cl)cc2)CC3)cc1. The molecule has 0 aliphatic carbocycles. The molecule has 10 heteroatoms. The summed E-state index contributed by atoms with van der Waals surface area (Å²) in [5.74, 6) is 1.69. The van der Waals surface area contributed by atoms with Gasteiger partial charge in [0, 0.05) is 50.7 Å². The summed E-state index contributed by atoms with van der Waals surface area (Å²) in [6, 6.07) is 14.0. The number of rotatable bonds is 5. The van der Waals surface area contributed by atoms with Gasteiger partial charge < -0.3 is 14.5 Å². The number of hydrogen-bond donors (Lipinski definition) is 0. The number of anilines is 1. The lowest BCUT2D eigenvalue weighted by Gasteiger charge is -2.34. The molecule has 0 N–H and O–H groups in total. The van der Waals surface area contributed by atoms with Gasteiger partial charge in [0.05, 0.1) is 16.2 Å². The Morgan fingerprint density at radius 1 is 0.914 bits per heavy atom. The molecule has 0 unspecified atom stereocenters. The van der Waals surface area contributed by atoms with Gasteiger partial charge in [0.15, 0.2) is 0 Å². The summed E-state index contributed by atoms with van der Waals surface area (Å²) in [7, 11) is -1.60. The normalized spacial score (nSPS) is 17.3. The number of halogens is 1. The number of aryl methyl sites for hydroxylation is 1. The Hall–Kier alpha value is -2.72. The maximum absolute atomic E-state index is 13.3. The van der Waals surface area contributed by atoms with Gasteiger partial charge in [0.25, 0.3) is 0 Å². The fourth-order valence-corrected chi connectivity index (χ4v) is 5.79. The molecule has 8 nitrogen and oxygen atoms in total. The monoisotopic (exact) mass is 513 g/mol. The van der Waals surface area contributed by atoms with Crippen molar-refractivity contribution in [2.75, 3.05) is 44.7 Å². The molecule has 3 aromatic rings. The first-order chi connectivity index (χ1) is 16.8. The zero-order valence-electron chi connectivity index (χ0n) is 19.8. The average molecular weight is 514 g/mol. The third-order valence-corrected chi connectivity index (χ3v) is 8.56. The largest absolute Gasteiger partial charge is 0.439 e. The molecule has 2 aliphatic heterocycles. The zero-order chi connectivity index (χ0) is 24.6. The van der Waals surface area contributed by atoms with E-state index in [0.29, 0.717) is 41.1 Å². The molecule has 184 valence electrons. The third kappa shape index (κ3) is 5.13. The van der Waals surface area contributed by atoms with Crippen LogP contribution >= 0.6 is 11.6 Å². The molecule has 1 aromatic heterocycles. The molecule has 0 saturated carbocycles. The molecular weight excluding hydrogens is 486 g/mol. The van der Waals surface area contributed by atoms with Crippen molar-refractivity contribution in [3.05, 3.63) is 70.4 Å². The van der Waals surface area contributed by atoms with E-state index >= 15 is 0 Å². The van der Waals surface area contributed by atoms with Gasteiger partial charge in [-0.3, -0.25) is 0 Å².